The Morgan fingerprint density at radius 3 is 1.76 bits per heavy atom. The van der Waals surface area contributed by atoms with Gasteiger partial charge in [-0.3, -0.25) is 9.10 Å². The van der Waals surface area contributed by atoms with Crippen LogP contribution in [0, 0.1) is 34.6 Å². The number of esters is 1. The second-order valence-corrected chi connectivity index (χ2v) is 9.29. The molecule has 0 fully saturated rings. The molecule has 0 atom stereocenters. The lowest BCUT2D eigenvalue weighted by Crippen LogP contribution is -2.24. The van der Waals surface area contributed by atoms with Crippen molar-refractivity contribution in [2.24, 2.45) is 0 Å². The van der Waals surface area contributed by atoms with Crippen LogP contribution in [-0.2, 0) is 14.8 Å². The lowest BCUT2D eigenvalue weighted by molar-refractivity contribution is 0.0473. The van der Waals surface area contributed by atoms with Crippen molar-refractivity contribution in [3.05, 3.63) is 63.2 Å². The molecule has 2 rings (SSSR count). The molecule has 0 saturated carbocycles. The van der Waals surface area contributed by atoms with E-state index in [1.807, 2.05) is 34.6 Å². The molecule has 0 aliphatic carbocycles. The van der Waals surface area contributed by atoms with Crippen molar-refractivity contribution >= 4 is 27.5 Å². The number of rotatable bonds is 6. The molecule has 0 spiro atoms. The maximum absolute atomic E-state index is 12.6. The molecule has 0 amide bonds. The zero-order valence-corrected chi connectivity index (χ0v) is 18.7. The number of hydrogen-bond acceptors (Lipinski definition) is 5. The Morgan fingerprint density at radius 1 is 0.862 bits per heavy atom. The number of hydrogen-bond donors (Lipinski definition) is 0. The Bertz CT molecular complexity index is 1040. The minimum absolute atomic E-state index is 0.341. The van der Waals surface area contributed by atoms with Gasteiger partial charge >= 0.3 is 5.97 Å². The molecule has 0 aliphatic rings. The highest BCUT2D eigenvalue weighted by Gasteiger charge is 2.20. The third kappa shape index (κ3) is 4.67. The van der Waals surface area contributed by atoms with Crippen molar-refractivity contribution < 1.29 is 22.7 Å². The Hall–Kier alpha value is -2.67. The molecule has 0 bridgehead atoms. The number of carbonyl (C=O) groups is 2. The van der Waals surface area contributed by atoms with Gasteiger partial charge in [-0.05, 0) is 86.7 Å². The number of benzene rings is 2. The summed E-state index contributed by atoms with van der Waals surface area (Å²) < 4.78 is 29.6. The van der Waals surface area contributed by atoms with E-state index in [1.54, 1.807) is 0 Å². The van der Waals surface area contributed by atoms with Gasteiger partial charge in [0, 0.05) is 12.6 Å². The summed E-state index contributed by atoms with van der Waals surface area (Å²) >= 11 is 0. The first-order valence-corrected chi connectivity index (χ1v) is 11.0. The van der Waals surface area contributed by atoms with Gasteiger partial charge in [0.25, 0.3) is 0 Å². The zero-order valence-electron chi connectivity index (χ0n) is 17.9. The maximum Gasteiger partial charge on any atom is 0.339 e. The summed E-state index contributed by atoms with van der Waals surface area (Å²) in [6.07, 6.45) is 1.10. The standard InChI is InChI=1S/C22H27NO5S/c1-13-14(2)16(4)21(17(5)15(13)3)22(25)28-12-20(24)18-8-10-19(11-9-18)23(6)29(7,26)27/h8-11H,12H2,1-7H3. The van der Waals surface area contributed by atoms with Gasteiger partial charge in [-0.15, -0.1) is 0 Å². The van der Waals surface area contributed by atoms with Gasteiger partial charge in [-0.1, -0.05) is 0 Å². The van der Waals surface area contributed by atoms with E-state index in [1.165, 1.54) is 31.3 Å². The minimum atomic E-state index is -3.38. The van der Waals surface area contributed by atoms with E-state index >= 15 is 0 Å². The summed E-state index contributed by atoms with van der Waals surface area (Å²) in [5.74, 6) is -0.879. The van der Waals surface area contributed by atoms with Crippen molar-refractivity contribution in [1.82, 2.24) is 0 Å². The lowest BCUT2D eigenvalue weighted by atomic mass is 9.90. The SMILES string of the molecule is Cc1c(C)c(C)c(C(=O)OCC(=O)c2ccc(N(C)S(C)(=O)=O)cc2)c(C)c1C. The number of ether oxygens (including phenoxy) is 1. The molecular formula is C22H27NO5S. The van der Waals surface area contributed by atoms with Crippen molar-refractivity contribution in [2.75, 3.05) is 24.2 Å². The normalized spacial score (nSPS) is 11.3. The number of Topliss-reactive ketones (excluding diaryl/α,β-unsaturated/α-hetero) is 1. The highest BCUT2D eigenvalue weighted by Crippen LogP contribution is 2.26. The summed E-state index contributed by atoms with van der Waals surface area (Å²) in [6, 6.07) is 6.11. The van der Waals surface area contributed by atoms with Gasteiger partial charge in [0.1, 0.15) is 0 Å². The number of anilines is 1. The van der Waals surface area contributed by atoms with Crippen LogP contribution in [0.25, 0.3) is 0 Å². The van der Waals surface area contributed by atoms with Crippen molar-refractivity contribution in [2.45, 2.75) is 34.6 Å². The first kappa shape index (κ1) is 22.6. The van der Waals surface area contributed by atoms with Gasteiger partial charge in [-0.2, -0.15) is 0 Å². The van der Waals surface area contributed by atoms with Crippen LogP contribution in [0.4, 0.5) is 5.69 Å². The third-order valence-corrected chi connectivity index (χ3v) is 6.79. The fraction of sp³-hybridized carbons (Fsp3) is 0.364. The van der Waals surface area contributed by atoms with E-state index < -0.39 is 16.0 Å². The summed E-state index contributed by atoms with van der Waals surface area (Å²) in [7, 11) is -1.95. The molecule has 156 valence electrons. The molecule has 0 aliphatic heterocycles. The minimum Gasteiger partial charge on any atom is -0.454 e. The molecule has 2 aromatic carbocycles. The fourth-order valence-corrected chi connectivity index (χ4v) is 3.65. The maximum atomic E-state index is 12.6. The van der Waals surface area contributed by atoms with E-state index in [-0.39, 0.29) is 12.4 Å². The van der Waals surface area contributed by atoms with Crippen LogP contribution in [0.1, 0.15) is 48.5 Å². The average molecular weight is 418 g/mol. The molecular weight excluding hydrogens is 390 g/mol. The second-order valence-electron chi connectivity index (χ2n) is 7.28. The number of nitrogens with zero attached hydrogens (tertiary/aromatic N) is 1. The topological polar surface area (TPSA) is 80.8 Å². The van der Waals surface area contributed by atoms with Crippen molar-refractivity contribution in [1.29, 1.82) is 0 Å². The Labute approximate surface area is 172 Å². The fourth-order valence-electron chi connectivity index (χ4n) is 3.14. The Morgan fingerprint density at radius 2 is 1.31 bits per heavy atom. The molecule has 2 aromatic rings. The average Bonchev–Trinajstić information content (AvgIpc) is 2.68. The smallest absolute Gasteiger partial charge is 0.339 e. The van der Waals surface area contributed by atoms with E-state index in [4.69, 9.17) is 4.74 Å². The molecule has 0 N–H and O–H groups in total. The van der Waals surface area contributed by atoms with Crippen LogP contribution in [0.5, 0.6) is 0 Å². The van der Waals surface area contributed by atoms with Crippen molar-refractivity contribution in [3.63, 3.8) is 0 Å². The highest BCUT2D eigenvalue weighted by atomic mass is 32.2. The molecule has 0 unspecified atom stereocenters. The summed E-state index contributed by atoms with van der Waals surface area (Å²) in [5.41, 5.74) is 6.22. The Balaban J connectivity index is 2.15. The molecule has 0 radical (unpaired) electrons. The monoisotopic (exact) mass is 417 g/mol. The van der Waals surface area contributed by atoms with Crippen LogP contribution in [-0.4, -0.2) is 40.1 Å². The van der Waals surface area contributed by atoms with Gasteiger partial charge < -0.3 is 4.74 Å². The molecule has 0 aromatic heterocycles. The number of carbonyl (C=O) groups excluding carboxylic acids is 2. The number of ketones is 1. The predicted molar refractivity (Wildman–Crippen MR) is 114 cm³/mol. The first-order chi connectivity index (χ1) is 13.4. The van der Waals surface area contributed by atoms with Crippen LogP contribution in [0.15, 0.2) is 24.3 Å². The zero-order chi connectivity index (χ0) is 22.1. The summed E-state index contributed by atoms with van der Waals surface area (Å²) in [6.45, 7) is 9.33. The molecule has 7 heteroatoms. The predicted octanol–water partition coefficient (Wildman–Crippen LogP) is 3.66. The molecule has 0 saturated heterocycles. The van der Waals surface area contributed by atoms with Gasteiger partial charge in [0.2, 0.25) is 10.0 Å². The van der Waals surface area contributed by atoms with Crippen LogP contribution in [0.3, 0.4) is 0 Å². The highest BCUT2D eigenvalue weighted by molar-refractivity contribution is 7.92. The van der Waals surface area contributed by atoms with E-state index in [9.17, 15) is 18.0 Å². The van der Waals surface area contributed by atoms with E-state index in [2.05, 4.69) is 0 Å². The van der Waals surface area contributed by atoms with Crippen LogP contribution >= 0.6 is 0 Å². The number of sulfonamides is 1. The second kappa shape index (κ2) is 8.37. The quantitative estimate of drug-likeness (QED) is 0.529. The largest absolute Gasteiger partial charge is 0.454 e. The molecule has 6 nitrogen and oxygen atoms in total. The molecule has 29 heavy (non-hydrogen) atoms. The lowest BCUT2D eigenvalue weighted by Gasteiger charge is -2.18. The third-order valence-electron chi connectivity index (χ3n) is 5.59. The summed E-state index contributed by atoms with van der Waals surface area (Å²) in [4.78, 5) is 25.1. The Kier molecular flexibility index (Phi) is 6.53. The van der Waals surface area contributed by atoms with E-state index in [0.717, 1.165) is 38.4 Å². The van der Waals surface area contributed by atoms with Gasteiger partial charge in [0.15, 0.2) is 12.4 Å². The van der Waals surface area contributed by atoms with Gasteiger partial charge in [0.05, 0.1) is 17.5 Å². The van der Waals surface area contributed by atoms with Crippen molar-refractivity contribution in [3.8, 4) is 0 Å². The van der Waals surface area contributed by atoms with E-state index in [0.29, 0.717) is 16.8 Å². The summed E-state index contributed by atoms with van der Waals surface area (Å²) in [5, 5.41) is 0. The van der Waals surface area contributed by atoms with Crippen LogP contribution < -0.4 is 4.31 Å². The van der Waals surface area contributed by atoms with Crippen LogP contribution in [0.2, 0.25) is 0 Å². The van der Waals surface area contributed by atoms with Gasteiger partial charge in [-0.25, -0.2) is 13.2 Å². The molecule has 0 heterocycles. The first-order valence-electron chi connectivity index (χ1n) is 9.17.